The van der Waals surface area contributed by atoms with E-state index in [1.807, 2.05) is 54.6 Å². The number of nitrogens with zero attached hydrogens (tertiary/aromatic N) is 2. The van der Waals surface area contributed by atoms with Crippen molar-refractivity contribution in [1.82, 2.24) is 9.80 Å². The lowest BCUT2D eigenvalue weighted by atomic mass is 9.94. The monoisotopic (exact) mass is 410 g/mol. The van der Waals surface area contributed by atoms with E-state index in [0.29, 0.717) is 13.0 Å². The lowest BCUT2D eigenvalue weighted by Gasteiger charge is -2.38. The topological polar surface area (TPSA) is 98.2 Å². The van der Waals surface area contributed by atoms with Crippen molar-refractivity contribution >= 4 is 18.0 Å². The Hall–Kier alpha value is -3.35. The zero-order chi connectivity index (χ0) is 21.7. The van der Waals surface area contributed by atoms with Crippen LogP contribution in [0.2, 0.25) is 0 Å². The van der Waals surface area contributed by atoms with Crippen molar-refractivity contribution in [3.8, 4) is 0 Å². The summed E-state index contributed by atoms with van der Waals surface area (Å²) in [5.74, 6) is -2.83. The number of carboxylic acids is 2. The fourth-order valence-electron chi connectivity index (χ4n) is 3.86. The Labute approximate surface area is 175 Å². The van der Waals surface area contributed by atoms with E-state index in [9.17, 15) is 24.6 Å². The number of hydrogen-bond acceptors (Lipinski definition) is 3. The highest BCUT2D eigenvalue weighted by atomic mass is 16.4. The number of amides is 2. The zero-order valence-corrected chi connectivity index (χ0v) is 16.9. The number of aliphatic carboxylic acids is 2. The van der Waals surface area contributed by atoms with Crippen LogP contribution in [0.25, 0.3) is 0 Å². The average Bonchev–Trinajstić information content (AvgIpc) is 2.75. The molecule has 7 nitrogen and oxygen atoms in total. The molecule has 0 aromatic heterocycles. The number of carbonyl (C=O) groups excluding carboxylic acids is 1. The molecule has 30 heavy (non-hydrogen) atoms. The second-order valence-electron chi connectivity index (χ2n) is 7.50. The van der Waals surface area contributed by atoms with Gasteiger partial charge in [-0.2, -0.15) is 0 Å². The third-order valence-corrected chi connectivity index (χ3v) is 5.55. The highest BCUT2D eigenvalue weighted by Gasteiger charge is 2.37. The predicted octanol–water partition coefficient (Wildman–Crippen LogP) is 2.88. The first-order chi connectivity index (χ1) is 14.4. The summed E-state index contributed by atoms with van der Waals surface area (Å²) in [7, 11) is 0. The minimum atomic E-state index is -1.06. The van der Waals surface area contributed by atoms with Crippen LogP contribution in [-0.4, -0.2) is 57.1 Å². The average molecular weight is 410 g/mol. The smallest absolute Gasteiger partial charge is 0.326 e. The van der Waals surface area contributed by atoms with Crippen molar-refractivity contribution in [2.75, 3.05) is 13.1 Å². The number of carbonyl (C=O) groups is 3. The van der Waals surface area contributed by atoms with Crippen molar-refractivity contribution in [2.24, 2.45) is 5.92 Å². The van der Waals surface area contributed by atoms with E-state index in [-0.39, 0.29) is 19.5 Å². The van der Waals surface area contributed by atoms with Crippen LogP contribution in [0.3, 0.4) is 0 Å². The van der Waals surface area contributed by atoms with Crippen LogP contribution in [0.5, 0.6) is 0 Å². The molecule has 2 aromatic carbocycles. The molecule has 7 heteroatoms. The fraction of sp³-hybridized carbons (Fsp3) is 0.348. The molecule has 3 rings (SSSR count). The molecule has 0 radical (unpaired) electrons. The molecule has 0 saturated carbocycles. The number of carboxylic acid groups (broad SMARTS) is 2. The van der Waals surface area contributed by atoms with Crippen LogP contribution in [0.4, 0.5) is 4.79 Å². The van der Waals surface area contributed by atoms with Crippen LogP contribution < -0.4 is 0 Å². The standard InChI is InChI=1S/C23H26N2O5/c1-2-24(14-19(21(26)27)12-16-8-4-3-5-9-16)23(30)25-15-18-11-7-6-10-17(18)13-20(25)22(28)29/h3-11,19-20H,2,12-15H2,1H3,(H,26,27)(H,28,29)/t19-,20+/m1/s1. The molecular weight excluding hydrogens is 384 g/mol. The van der Waals surface area contributed by atoms with Gasteiger partial charge in [-0.15, -0.1) is 0 Å². The second-order valence-corrected chi connectivity index (χ2v) is 7.50. The highest BCUT2D eigenvalue weighted by molar-refractivity contribution is 5.84. The Balaban J connectivity index is 1.79. The van der Waals surface area contributed by atoms with Crippen LogP contribution in [-0.2, 0) is 29.0 Å². The molecule has 1 heterocycles. The first kappa shape index (κ1) is 21.4. The highest BCUT2D eigenvalue weighted by Crippen LogP contribution is 2.25. The van der Waals surface area contributed by atoms with Gasteiger partial charge in [-0.1, -0.05) is 54.6 Å². The number of rotatable bonds is 7. The van der Waals surface area contributed by atoms with E-state index in [0.717, 1.165) is 16.7 Å². The summed E-state index contributed by atoms with van der Waals surface area (Å²) < 4.78 is 0. The van der Waals surface area contributed by atoms with Crippen molar-refractivity contribution < 1.29 is 24.6 Å². The van der Waals surface area contributed by atoms with Gasteiger partial charge in [0.25, 0.3) is 0 Å². The largest absolute Gasteiger partial charge is 0.481 e. The summed E-state index contributed by atoms with van der Waals surface area (Å²) in [6.45, 7) is 2.28. The van der Waals surface area contributed by atoms with Gasteiger partial charge in [0.15, 0.2) is 0 Å². The van der Waals surface area contributed by atoms with E-state index in [4.69, 9.17) is 0 Å². The molecule has 2 amide bonds. The van der Waals surface area contributed by atoms with Crippen LogP contribution in [0.15, 0.2) is 54.6 Å². The van der Waals surface area contributed by atoms with Crippen molar-refractivity contribution in [3.05, 3.63) is 71.3 Å². The van der Waals surface area contributed by atoms with Gasteiger partial charge >= 0.3 is 18.0 Å². The predicted molar refractivity (Wildman–Crippen MR) is 111 cm³/mol. The molecule has 0 unspecified atom stereocenters. The Morgan fingerprint density at radius 2 is 1.67 bits per heavy atom. The summed E-state index contributed by atoms with van der Waals surface area (Å²) >= 11 is 0. The first-order valence-electron chi connectivity index (χ1n) is 10.0. The molecule has 2 aromatic rings. The van der Waals surface area contributed by atoms with E-state index in [1.54, 1.807) is 6.92 Å². The van der Waals surface area contributed by atoms with Gasteiger partial charge < -0.3 is 20.0 Å². The molecule has 0 bridgehead atoms. The lowest BCUT2D eigenvalue weighted by molar-refractivity contribution is -0.144. The molecule has 0 spiro atoms. The Morgan fingerprint density at radius 1 is 1.03 bits per heavy atom. The Morgan fingerprint density at radius 3 is 2.27 bits per heavy atom. The van der Waals surface area contributed by atoms with Gasteiger partial charge in [-0.05, 0) is 30.0 Å². The summed E-state index contributed by atoms with van der Waals surface area (Å²) in [4.78, 5) is 39.7. The summed E-state index contributed by atoms with van der Waals surface area (Å²) in [5.41, 5.74) is 2.71. The lowest BCUT2D eigenvalue weighted by Crippen LogP contribution is -2.54. The van der Waals surface area contributed by atoms with Crippen molar-refractivity contribution in [2.45, 2.75) is 32.4 Å². The summed E-state index contributed by atoms with van der Waals surface area (Å²) in [6, 6.07) is 15.3. The van der Waals surface area contributed by atoms with E-state index in [1.165, 1.54) is 9.80 Å². The van der Waals surface area contributed by atoms with E-state index < -0.39 is 29.9 Å². The van der Waals surface area contributed by atoms with Gasteiger partial charge in [0, 0.05) is 26.1 Å². The van der Waals surface area contributed by atoms with Crippen molar-refractivity contribution in [3.63, 3.8) is 0 Å². The maximum atomic E-state index is 13.3. The quantitative estimate of drug-likeness (QED) is 0.731. The van der Waals surface area contributed by atoms with Crippen molar-refractivity contribution in [1.29, 1.82) is 0 Å². The molecular formula is C23H26N2O5. The fourth-order valence-corrected chi connectivity index (χ4v) is 3.86. The first-order valence-corrected chi connectivity index (χ1v) is 10.0. The Kier molecular flexibility index (Phi) is 6.72. The third-order valence-electron chi connectivity index (χ3n) is 5.55. The second kappa shape index (κ2) is 9.43. The van der Waals surface area contributed by atoms with Gasteiger partial charge in [0.1, 0.15) is 6.04 Å². The van der Waals surface area contributed by atoms with E-state index in [2.05, 4.69) is 0 Å². The summed E-state index contributed by atoms with van der Waals surface area (Å²) in [6.07, 6.45) is 0.534. The van der Waals surface area contributed by atoms with Gasteiger partial charge in [-0.25, -0.2) is 9.59 Å². The third kappa shape index (κ3) is 4.79. The van der Waals surface area contributed by atoms with Crippen LogP contribution >= 0.6 is 0 Å². The molecule has 1 aliphatic heterocycles. The molecule has 0 saturated heterocycles. The zero-order valence-electron chi connectivity index (χ0n) is 16.9. The molecule has 158 valence electrons. The maximum absolute atomic E-state index is 13.3. The van der Waals surface area contributed by atoms with Crippen LogP contribution in [0, 0.1) is 5.92 Å². The number of hydrogen-bond donors (Lipinski definition) is 2. The minimum Gasteiger partial charge on any atom is -0.481 e. The van der Waals surface area contributed by atoms with E-state index >= 15 is 0 Å². The molecule has 2 atom stereocenters. The maximum Gasteiger partial charge on any atom is 0.326 e. The van der Waals surface area contributed by atoms with Crippen LogP contribution in [0.1, 0.15) is 23.6 Å². The minimum absolute atomic E-state index is 0.0179. The molecule has 0 aliphatic carbocycles. The number of urea groups is 1. The summed E-state index contributed by atoms with van der Waals surface area (Å²) in [5, 5.41) is 19.4. The Bertz CT molecular complexity index is 915. The van der Waals surface area contributed by atoms with Gasteiger partial charge in [-0.3, -0.25) is 4.79 Å². The van der Waals surface area contributed by atoms with Gasteiger partial charge in [0.2, 0.25) is 0 Å². The number of benzene rings is 2. The SMILES string of the molecule is CCN(C[C@@H](Cc1ccccc1)C(=O)O)C(=O)N1Cc2ccccc2C[C@H]1C(=O)O. The molecule has 2 N–H and O–H groups in total. The number of fused-ring (bicyclic) bond motifs is 1. The molecule has 1 aliphatic rings. The van der Waals surface area contributed by atoms with Gasteiger partial charge in [0.05, 0.1) is 5.92 Å². The molecule has 0 fully saturated rings. The normalized spacial score (nSPS) is 16.4.